The molecule has 1 heterocycles. The number of nitrogen functional groups attached to an aromatic ring is 1. The topological polar surface area (TPSA) is 50.9 Å². The summed E-state index contributed by atoms with van der Waals surface area (Å²) in [6.45, 7) is 9.64. The summed E-state index contributed by atoms with van der Waals surface area (Å²) in [6, 6.07) is 1.94. The maximum Gasteiger partial charge on any atom is 0.129 e. The van der Waals surface area contributed by atoms with Crippen LogP contribution >= 0.6 is 0 Å². The van der Waals surface area contributed by atoms with Crippen LogP contribution in [0, 0.1) is 12.3 Å². The molecule has 0 aliphatic rings. The van der Waals surface area contributed by atoms with Gasteiger partial charge in [-0.2, -0.15) is 0 Å². The number of rotatable bonds is 4. The van der Waals surface area contributed by atoms with Gasteiger partial charge in [0.05, 0.1) is 11.9 Å². The highest BCUT2D eigenvalue weighted by atomic mass is 15.0. The molecule has 0 unspecified atom stereocenters. The maximum atomic E-state index is 5.65. The fraction of sp³-hybridized carbons (Fsp3) is 0.583. The second-order valence-electron chi connectivity index (χ2n) is 4.81. The molecular weight excluding hydrogens is 186 g/mol. The average molecular weight is 207 g/mol. The molecule has 0 bridgehead atoms. The predicted octanol–water partition coefficient (Wildman–Crippen LogP) is 2.82. The Kier molecular flexibility index (Phi) is 3.56. The van der Waals surface area contributed by atoms with E-state index in [4.69, 9.17) is 5.73 Å². The molecule has 0 radical (unpaired) electrons. The largest absolute Gasteiger partial charge is 0.397 e. The van der Waals surface area contributed by atoms with Crippen LogP contribution in [0.1, 0.15) is 32.8 Å². The van der Waals surface area contributed by atoms with Gasteiger partial charge in [-0.05, 0) is 30.4 Å². The molecule has 1 aromatic heterocycles. The number of anilines is 2. The predicted molar refractivity (Wildman–Crippen MR) is 65.9 cm³/mol. The summed E-state index contributed by atoms with van der Waals surface area (Å²) in [5.41, 5.74) is 7.76. The first kappa shape index (κ1) is 11.8. The third kappa shape index (κ3) is 3.42. The zero-order valence-electron chi connectivity index (χ0n) is 10.1. The van der Waals surface area contributed by atoms with E-state index in [1.165, 1.54) is 0 Å². The van der Waals surface area contributed by atoms with E-state index >= 15 is 0 Å². The molecule has 0 atom stereocenters. The number of hydrogen-bond acceptors (Lipinski definition) is 3. The van der Waals surface area contributed by atoms with Crippen LogP contribution in [0.3, 0.4) is 0 Å². The van der Waals surface area contributed by atoms with Gasteiger partial charge in [0, 0.05) is 6.54 Å². The van der Waals surface area contributed by atoms with Crippen molar-refractivity contribution in [3.05, 3.63) is 17.8 Å². The van der Waals surface area contributed by atoms with Gasteiger partial charge in [0.1, 0.15) is 5.82 Å². The molecule has 15 heavy (non-hydrogen) atoms. The first-order chi connectivity index (χ1) is 6.94. The van der Waals surface area contributed by atoms with Gasteiger partial charge in [-0.25, -0.2) is 4.98 Å². The summed E-state index contributed by atoms with van der Waals surface area (Å²) >= 11 is 0. The summed E-state index contributed by atoms with van der Waals surface area (Å²) in [7, 11) is 0. The van der Waals surface area contributed by atoms with Crippen LogP contribution in [0.5, 0.6) is 0 Å². The minimum absolute atomic E-state index is 0.301. The van der Waals surface area contributed by atoms with Gasteiger partial charge in [0.15, 0.2) is 0 Å². The number of pyridine rings is 1. The zero-order chi connectivity index (χ0) is 11.5. The van der Waals surface area contributed by atoms with Crippen molar-refractivity contribution < 1.29 is 0 Å². The number of aryl methyl sites for hydroxylation is 1. The van der Waals surface area contributed by atoms with Gasteiger partial charge in [-0.3, -0.25) is 0 Å². The number of aromatic nitrogens is 1. The number of hydrogen-bond donors (Lipinski definition) is 2. The minimum atomic E-state index is 0.301. The van der Waals surface area contributed by atoms with Crippen molar-refractivity contribution >= 4 is 11.5 Å². The fourth-order valence-electron chi connectivity index (χ4n) is 1.23. The number of nitrogens with two attached hydrogens (primary N) is 1. The molecular formula is C12H21N3. The first-order valence-corrected chi connectivity index (χ1v) is 5.40. The Bertz CT molecular complexity index is 332. The van der Waals surface area contributed by atoms with Gasteiger partial charge < -0.3 is 11.1 Å². The van der Waals surface area contributed by atoms with E-state index in [9.17, 15) is 0 Å². The van der Waals surface area contributed by atoms with Crippen molar-refractivity contribution in [2.45, 2.75) is 34.1 Å². The third-order valence-electron chi connectivity index (χ3n) is 2.79. The standard InChI is InChI=1S/C12H21N3/c1-5-12(3,4)8-15-11-9(2)6-10(13)7-14-11/h6-7H,5,8,13H2,1-4H3,(H,14,15). The Morgan fingerprint density at radius 3 is 2.67 bits per heavy atom. The van der Waals surface area contributed by atoms with E-state index in [1.807, 2.05) is 13.0 Å². The normalized spacial score (nSPS) is 11.5. The number of nitrogens with one attached hydrogen (secondary N) is 1. The van der Waals surface area contributed by atoms with E-state index in [0.29, 0.717) is 11.1 Å². The third-order valence-corrected chi connectivity index (χ3v) is 2.79. The molecule has 84 valence electrons. The number of nitrogens with zero attached hydrogens (tertiary/aromatic N) is 1. The molecule has 0 spiro atoms. The van der Waals surface area contributed by atoms with E-state index in [2.05, 4.69) is 31.1 Å². The molecule has 0 aliphatic heterocycles. The van der Waals surface area contributed by atoms with E-state index in [0.717, 1.165) is 24.3 Å². The lowest BCUT2D eigenvalue weighted by Crippen LogP contribution is -2.22. The summed E-state index contributed by atoms with van der Waals surface area (Å²) in [5, 5.41) is 3.36. The van der Waals surface area contributed by atoms with Crippen LogP contribution in [0.2, 0.25) is 0 Å². The Morgan fingerprint density at radius 2 is 2.13 bits per heavy atom. The minimum Gasteiger partial charge on any atom is -0.397 e. The highest BCUT2D eigenvalue weighted by molar-refractivity contribution is 5.50. The Morgan fingerprint density at radius 1 is 1.47 bits per heavy atom. The highest BCUT2D eigenvalue weighted by Crippen LogP contribution is 2.21. The lowest BCUT2D eigenvalue weighted by atomic mass is 9.90. The lowest BCUT2D eigenvalue weighted by molar-refractivity contribution is 0.376. The molecule has 3 nitrogen and oxygen atoms in total. The molecule has 3 N–H and O–H groups in total. The smallest absolute Gasteiger partial charge is 0.129 e. The second kappa shape index (κ2) is 4.51. The SMILES string of the molecule is CCC(C)(C)CNc1ncc(N)cc1C. The molecule has 0 aromatic carbocycles. The van der Waals surface area contributed by atoms with Gasteiger partial charge >= 0.3 is 0 Å². The van der Waals surface area contributed by atoms with E-state index in [1.54, 1.807) is 6.20 Å². The molecule has 0 aliphatic carbocycles. The summed E-state index contributed by atoms with van der Waals surface area (Å²) in [4.78, 5) is 4.28. The molecule has 0 fully saturated rings. The van der Waals surface area contributed by atoms with Crippen molar-refractivity contribution in [3.63, 3.8) is 0 Å². The molecule has 1 rings (SSSR count). The van der Waals surface area contributed by atoms with Crippen LogP contribution in [0.15, 0.2) is 12.3 Å². The van der Waals surface area contributed by atoms with Gasteiger partial charge in [0.25, 0.3) is 0 Å². The highest BCUT2D eigenvalue weighted by Gasteiger charge is 2.15. The molecule has 0 amide bonds. The average Bonchev–Trinajstić information content (AvgIpc) is 2.16. The van der Waals surface area contributed by atoms with Crippen molar-refractivity contribution in [2.75, 3.05) is 17.6 Å². The Labute approximate surface area is 92.1 Å². The second-order valence-corrected chi connectivity index (χ2v) is 4.81. The van der Waals surface area contributed by atoms with Gasteiger partial charge in [-0.1, -0.05) is 20.8 Å². The molecule has 0 saturated carbocycles. The fourth-order valence-corrected chi connectivity index (χ4v) is 1.23. The zero-order valence-corrected chi connectivity index (χ0v) is 10.1. The first-order valence-electron chi connectivity index (χ1n) is 5.40. The van der Waals surface area contributed by atoms with Crippen molar-refractivity contribution in [3.8, 4) is 0 Å². The monoisotopic (exact) mass is 207 g/mol. The van der Waals surface area contributed by atoms with Crippen molar-refractivity contribution in [1.29, 1.82) is 0 Å². The van der Waals surface area contributed by atoms with E-state index < -0.39 is 0 Å². The van der Waals surface area contributed by atoms with Crippen LogP contribution in [-0.2, 0) is 0 Å². The summed E-state index contributed by atoms with van der Waals surface area (Å²) in [6.07, 6.45) is 2.84. The Balaban J connectivity index is 2.66. The molecule has 0 saturated heterocycles. The molecule has 1 aromatic rings. The van der Waals surface area contributed by atoms with Crippen LogP contribution in [-0.4, -0.2) is 11.5 Å². The van der Waals surface area contributed by atoms with Gasteiger partial charge in [-0.15, -0.1) is 0 Å². The van der Waals surface area contributed by atoms with E-state index in [-0.39, 0.29) is 0 Å². The lowest BCUT2D eigenvalue weighted by Gasteiger charge is -2.23. The van der Waals surface area contributed by atoms with Crippen LogP contribution in [0.25, 0.3) is 0 Å². The van der Waals surface area contributed by atoms with Crippen LogP contribution < -0.4 is 11.1 Å². The van der Waals surface area contributed by atoms with Crippen molar-refractivity contribution in [1.82, 2.24) is 4.98 Å². The van der Waals surface area contributed by atoms with Crippen LogP contribution in [0.4, 0.5) is 11.5 Å². The summed E-state index contributed by atoms with van der Waals surface area (Å²) < 4.78 is 0. The molecule has 3 heteroatoms. The maximum absolute atomic E-state index is 5.65. The Hall–Kier alpha value is -1.25. The quantitative estimate of drug-likeness (QED) is 0.798. The van der Waals surface area contributed by atoms with Gasteiger partial charge in [0.2, 0.25) is 0 Å². The van der Waals surface area contributed by atoms with Crippen molar-refractivity contribution in [2.24, 2.45) is 5.41 Å². The summed E-state index contributed by atoms with van der Waals surface area (Å²) in [5.74, 6) is 0.936.